The van der Waals surface area contributed by atoms with Crippen LogP contribution in [0.3, 0.4) is 0 Å². The van der Waals surface area contributed by atoms with Crippen LogP contribution in [0, 0.1) is 0 Å². The van der Waals surface area contributed by atoms with Crippen LogP contribution in [0.25, 0.3) is 6.08 Å². The van der Waals surface area contributed by atoms with Crippen LogP contribution in [-0.4, -0.2) is 29.4 Å². The number of urea groups is 1. The lowest BCUT2D eigenvalue weighted by Gasteiger charge is -2.35. The molecule has 0 radical (unpaired) electrons. The summed E-state index contributed by atoms with van der Waals surface area (Å²) in [5, 5.41) is 2.87. The highest BCUT2D eigenvalue weighted by molar-refractivity contribution is 5.90. The molecule has 0 aliphatic carbocycles. The minimum atomic E-state index is -0.366. The molecule has 0 aromatic heterocycles. The van der Waals surface area contributed by atoms with Crippen LogP contribution in [0.15, 0.2) is 30.8 Å². The lowest BCUT2D eigenvalue weighted by molar-refractivity contribution is -0.119. The molecular weight excluding hydrogens is 266 g/mol. The first-order valence-electron chi connectivity index (χ1n) is 7.18. The molecule has 2 rings (SSSR count). The van der Waals surface area contributed by atoms with Gasteiger partial charge in [0.15, 0.2) is 0 Å². The zero-order chi connectivity index (χ0) is 15.2. The van der Waals surface area contributed by atoms with Crippen molar-refractivity contribution in [3.05, 3.63) is 36.4 Å². The van der Waals surface area contributed by atoms with E-state index in [9.17, 15) is 9.59 Å². The molecule has 1 aliphatic rings. The van der Waals surface area contributed by atoms with Gasteiger partial charge in [-0.15, -0.1) is 0 Å². The van der Waals surface area contributed by atoms with Crippen molar-refractivity contribution >= 4 is 23.7 Å². The van der Waals surface area contributed by atoms with Gasteiger partial charge in [-0.25, -0.2) is 4.79 Å². The van der Waals surface area contributed by atoms with Gasteiger partial charge in [0.25, 0.3) is 0 Å². The minimum absolute atomic E-state index is 0.0938. The Morgan fingerprint density at radius 3 is 2.67 bits per heavy atom. The second-order valence-electron chi connectivity index (χ2n) is 5.27. The van der Waals surface area contributed by atoms with Crippen molar-refractivity contribution in [2.45, 2.75) is 31.7 Å². The fourth-order valence-corrected chi connectivity index (χ4v) is 2.61. The van der Waals surface area contributed by atoms with E-state index >= 15 is 0 Å². The number of rotatable bonds is 4. The van der Waals surface area contributed by atoms with Crippen molar-refractivity contribution in [2.75, 3.05) is 11.9 Å². The summed E-state index contributed by atoms with van der Waals surface area (Å²) >= 11 is 0. The van der Waals surface area contributed by atoms with Crippen LogP contribution in [0.5, 0.6) is 0 Å². The number of carbonyl (C=O) groups excluding carboxylic acids is 2. The Bertz CT molecular complexity index is 525. The van der Waals surface area contributed by atoms with E-state index in [1.807, 2.05) is 24.3 Å². The zero-order valence-corrected chi connectivity index (χ0v) is 12.0. The van der Waals surface area contributed by atoms with Crippen LogP contribution >= 0.6 is 0 Å². The lowest BCUT2D eigenvalue weighted by atomic mass is 9.99. The number of nitrogens with one attached hydrogen (secondary N) is 1. The minimum Gasteiger partial charge on any atom is -0.370 e. The SMILES string of the molecule is C=Cc1ccc(NC(=O)N2CCCCC2CC(N)=O)cc1. The number of primary amides is 1. The van der Waals surface area contributed by atoms with Gasteiger partial charge in [0.05, 0.1) is 0 Å². The molecular formula is C16H21N3O2. The topological polar surface area (TPSA) is 75.4 Å². The molecule has 1 atom stereocenters. The third-order valence-corrected chi connectivity index (χ3v) is 3.72. The predicted molar refractivity (Wildman–Crippen MR) is 83.7 cm³/mol. The van der Waals surface area contributed by atoms with Crippen LogP contribution in [0.2, 0.25) is 0 Å². The smallest absolute Gasteiger partial charge is 0.322 e. The van der Waals surface area contributed by atoms with Crippen LogP contribution in [0.4, 0.5) is 10.5 Å². The highest BCUT2D eigenvalue weighted by atomic mass is 16.2. The van der Waals surface area contributed by atoms with E-state index < -0.39 is 0 Å². The normalized spacial score (nSPS) is 18.1. The van der Waals surface area contributed by atoms with Crippen molar-refractivity contribution in [3.63, 3.8) is 0 Å². The third kappa shape index (κ3) is 4.08. The van der Waals surface area contributed by atoms with E-state index in [4.69, 9.17) is 5.73 Å². The summed E-state index contributed by atoms with van der Waals surface area (Å²) in [5.41, 5.74) is 6.99. The molecule has 1 heterocycles. The Morgan fingerprint density at radius 2 is 2.05 bits per heavy atom. The number of nitrogens with zero attached hydrogens (tertiary/aromatic N) is 1. The first-order valence-corrected chi connectivity index (χ1v) is 7.18. The van der Waals surface area contributed by atoms with Crippen LogP contribution in [0.1, 0.15) is 31.2 Å². The number of benzene rings is 1. The number of likely N-dealkylation sites (tertiary alicyclic amines) is 1. The molecule has 1 unspecified atom stereocenters. The average molecular weight is 287 g/mol. The van der Waals surface area contributed by atoms with Gasteiger partial charge in [0, 0.05) is 24.7 Å². The zero-order valence-electron chi connectivity index (χ0n) is 12.0. The second kappa shape index (κ2) is 6.92. The van der Waals surface area contributed by atoms with E-state index in [1.165, 1.54) is 0 Å². The Morgan fingerprint density at radius 1 is 1.33 bits per heavy atom. The summed E-state index contributed by atoms with van der Waals surface area (Å²) in [6.07, 6.45) is 4.78. The maximum absolute atomic E-state index is 12.4. The van der Waals surface area contributed by atoms with Crippen molar-refractivity contribution in [1.29, 1.82) is 0 Å². The van der Waals surface area contributed by atoms with E-state index in [0.29, 0.717) is 6.54 Å². The molecule has 0 spiro atoms. The van der Waals surface area contributed by atoms with Crippen molar-refractivity contribution in [2.24, 2.45) is 5.73 Å². The first-order chi connectivity index (χ1) is 10.1. The van der Waals surface area contributed by atoms with Crippen LogP contribution in [-0.2, 0) is 4.79 Å². The summed E-state index contributed by atoms with van der Waals surface area (Å²) in [5.74, 6) is -0.366. The molecule has 0 bridgehead atoms. The summed E-state index contributed by atoms with van der Waals surface area (Å²) in [4.78, 5) is 25.2. The second-order valence-corrected chi connectivity index (χ2v) is 5.27. The molecule has 1 fully saturated rings. The van der Waals surface area contributed by atoms with E-state index in [2.05, 4.69) is 11.9 Å². The Hall–Kier alpha value is -2.30. The molecule has 1 aromatic rings. The molecule has 5 heteroatoms. The van der Waals surface area contributed by atoms with Gasteiger partial charge in [-0.05, 0) is 37.0 Å². The molecule has 3 amide bonds. The summed E-state index contributed by atoms with van der Waals surface area (Å²) < 4.78 is 0. The van der Waals surface area contributed by atoms with E-state index in [-0.39, 0.29) is 24.4 Å². The summed E-state index contributed by atoms with van der Waals surface area (Å²) in [6.45, 7) is 4.35. The van der Waals surface area contributed by atoms with E-state index in [1.54, 1.807) is 11.0 Å². The largest absolute Gasteiger partial charge is 0.370 e. The van der Waals surface area contributed by atoms with Crippen molar-refractivity contribution < 1.29 is 9.59 Å². The van der Waals surface area contributed by atoms with Crippen LogP contribution < -0.4 is 11.1 Å². The maximum Gasteiger partial charge on any atom is 0.322 e. The van der Waals surface area contributed by atoms with Crippen molar-refractivity contribution in [1.82, 2.24) is 4.90 Å². The van der Waals surface area contributed by atoms with Crippen molar-refractivity contribution in [3.8, 4) is 0 Å². The quantitative estimate of drug-likeness (QED) is 0.893. The first kappa shape index (κ1) is 15.1. The maximum atomic E-state index is 12.4. The molecule has 1 aromatic carbocycles. The van der Waals surface area contributed by atoms with Gasteiger partial charge in [0.1, 0.15) is 0 Å². The standard InChI is InChI=1S/C16H21N3O2/c1-2-12-6-8-13(9-7-12)18-16(21)19-10-4-3-5-14(19)11-15(17)20/h2,6-9,14H,1,3-5,10-11H2,(H2,17,20)(H,18,21). The molecule has 3 N–H and O–H groups in total. The Kier molecular flexibility index (Phi) is 4.98. The highest BCUT2D eigenvalue weighted by Crippen LogP contribution is 2.21. The fourth-order valence-electron chi connectivity index (χ4n) is 2.61. The molecule has 112 valence electrons. The summed E-state index contributed by atoms with van der Waals surface area (Å²) in [7, 11) is 0. The fraction of sp³-hybridized carbons (Fsp3) is 0.375. The molecule has 5 nitrogen and oxygen atoms in total. The summed E-state index contributed by atoms with van der Waals surface area (Å²) in [6, 6.07) is 7.18. The molecule has 1 aliphatic heterocycles. The van der Waals surface area contributed by atoms with Gasteiger partial charge in [-0.1, -0.05) is 24.8 Å². The van der Waals surface area contributed by atoms with Gasteiger partial charge in [-0.2, -0.15) is 0 Å². The monoisotopic (exact) mass is 287 g/mol. The van der Waals surface area contributed by atoms with Gasteiger partial charge < -0.3 is 16.0 Å². The number of hydrogen-bond donors (Lipinski definition) is 2. The lowest BCUT2D eigenvalue weighted by Crippen LogP contribution is -2.47. The van der Waals surface area contributed by atoms with Gasteiger partial charge >= 0.3 is 6.03 Å². The number of nitrogens with two attached hydrogens (primary N) is 1. The molecule has 21 heavy (non-hydrogen) atoms. The van der Waals surface area contributed by atoms with Gasteiger partial charge in [-0.3, -0.25) is 4.79 Å². The Balaban J connectivity index is 2.02. The highest BCUT2D eigenvalue weighted by Gasteiger charge is 2.27. The predicted octanol–water partition coefficient (Wildman–Crippen LogP) is 2.59. The molecule has 1 saturated heterocycles. The number of amides is 3. The van der Waals surface area contributed by atoms with E-state index in [0.717, 1.165) is 30.5 Å². The average Bonchev–Trinajstić information content (AvgIpc) is 2.48. The Labute approximate surface area is 124 Å². The number of piperidine rings is 1. The number of hydrogen-bond acceptors (Lipinski definition) is 2. The molecule has 0 saturated carbocycles. The number of anilines is 1. The van der Waals surface area contributed by atoms with Gasteiger partial charge in [0.2, 0.25) is 5.91 Å². The third-order valence-electron chi connectivity index (χ3n) is 3.72. The number of carbonyl (C=O) groups is 2.